The van der Waals surface area contributed by atoms with Crippen molar-refractivity contribution in [1.82, 2.24) is 15.2 Å². The molecule has 6 heteroatoms. The highest BCUT2D eigenvalue weighted by molar-refractivity contribution is 5.85. The van der Waals surface area contributed by atoms with Gasteiger partial charge in [-0.05, 0) is 35.2 Å². The van der Waals surface area contributed by atoms with Gasteiger partial charge in [-0.2, -0.15) is 9.49 Å². The van der Waals surface area contributed by atoms with Crippen molar-refractivity contribution in [3.05, 3.63) is 71.4 Å². The van der Waals surface area contributed by atoms with Gasteiger partial charge in [0.25, 0.3) is 0 Å². The fourth-order valence-corrected chi connectivity index (χ4v) is 2.55. The fourth-order valence-electron chi connectivity index (χ4n) is 2.55. The van der Waals surface area contributed by atoms with E-state index in [-0.39, 0.29) is 18.3 Å². The molecule has 1 unspecified atom stereocenters. The van der Waals surface area contributed by atoms with Crippen LogP contribution in [0.4, 0.5) is 4.39 Å². The normalized spacial score (nSPS) is 12.0. The topological polar surface area (TPSA) is 67.6 Å². The van der Waals surface area contributed by atoms with E-state index in [4.69, 9.17) is 5.73 Å². The Morgan fingerprint density at radius 3 is 2.54 bits per heavy atom. The Kier molecular flexibility index (Phi) is 5.70. The van der Waals surface area contributed by atoms with Crippen LogP contribution < -0.4 is 5.73 Å². The summed E-state index contributed by atoms with van der Waals surface area (Å²) in [5, 5.41) is 6.87. The molecule has 0 aliphatic heterocycles. The highest BCUT2D eigenvalue weighted by Crippen LogP contribution is 2.25. The number of nitrogens with one attached hydrogen (secondary N) is 1. The first-order valence-electron chi connectivity index (χ1n) is 7.58. The number of aromatic nitrogens is 3. The number of aromatic amines is 1. The number of halogens is 2. The van der Waals surface area contributed by atoms with E-state index in [0.717, 1.165) is 16.8 Å². The van der Waals surface area contributed by atoms with E-state index in [0.29, 0.717) is 11.3 Å². The van der Waals surface area contributed by atoms with E-state index < -0.39 is 12.0 Å². The lowest BCUT2D eigenvalue weighted by Gasteiger charge is -2.14. The average Bonchev–Trinajstić information content (AvgIpc) is 3.08. The van der Waals surface area contributed by atoms with Crippen molar-refractivity contribution in [3.63, 3.8) is 0 Å². The molecule has 3 rings (SSSR count). The second-order valence-electron chi connectivity index (χ2n) is 5.84. The van der Waals surface area contributed by atoms with Gasteiger partial charge in [0.05, 0.1) is 17.4 Å². The third-order valence-corrected chi connectivity index (χ3v) is 3.90. The minimum absolute atomic E-state index is 0. The van der Waals surface area contributed by atoms with Crippen molar-refractivity contribution >= 4 is 12.4 Å². The molecule has 0 saturated heterocycles. The summed E-state index contributed by atoms with van der Waals surface area (Å²) in [6.07, 6.45) is 1.70. The molecule has 24 heavy (non-hydrogen) atoms. The maximum Gasteiger partial charge on any atom is 0.216 e. The lowest BCUT2D eigenvalue weighted by Crippen LogP contribution is -2.15. The molecule has 1 atom stereocenters. The van der Waals surface area contributed by atoms with Crippen LogP contribution in [0.2, 0.25) is 0 Å². The Morgan fingerprint density at radius 1 is 1.12 bits per heavy atom. The van der Waals surface area contributed by atoms with Crippen LogP contribution in [0.1, 0.15) is 42.6 Å². The predicted octanol–water partition coefficient (Wildman–Crippen LogP) is 4.20. The number of nitrogens with two attached hydrogens (primary N) is 1. The summed E-state index contributed by atoms with van der Waals surface area (Å²) in [5.41, 5.74) is 10.2. The van der Waals surface area contributed by atoms with Gasteiger partial charge in [-0.3, -0.25) is 5.10 Å². The van der Waals surface area contributed by atoms with Gasteiger partial charge in [-0.25, -0.2) is 4.98 Å². The molecule has 1 aromatic carbocycles. The number of hydrogen-bond donors (Lipinski definition) is 2. The molecular weight excluding hydrogens is 327 g/mol. The van der Waals surface area contributed by atoms with Crippen molar-refractivity contribution in [2.75, 3.05) is 0 Å². The molecule has 0 radical (unpaired) electrons. The van der Waals surface area contributed by atoms with Crippen LogP contribution >= 0.6 is 12.4 Å². The van der Waals surface area contributed by atoms with E-state index >= 15 is 0 Å². The summed E-state index contributed by atoms with van der Waals surface area (Å²) in [7, 11) is 0. The van der Waals surface area contributed by atoms with Crippen LogP contribution in [0.15, 0.2) is 48.7 Å². The molecule has 0 fully saturated rings. The van der Waals surface area contributed by atoms with E-state index in [1.54, 1.807) is 18.3 Å². The molecule has 0 saturated carbocycles. The highest BCUT2D eigenvalue weighted by Gasteiger charge is 2.15. The Bertz CT molecular complexity index is 803. The van der Waals surface area contributed by atoms with Crippen LogP contribution in [-0.4, -0.2) is 15.2 Å². The average molecular weight is 347 g/mol. The summed E-state index contributed by atoms with van der Waals surface area (Å²) >= 11 is 0. The number of rotatable bonds is 4. The fraction of sp³-hybridized carbons (Fsp3) is 0.222. The molecule has 2 aromatic heterocycles. The first-order valence-corrected chi connectivity index (χ1v) is 7.58. The third kappa shape index (κ3) is 3.63. The standard InChI is InChI=1S/C18H19FN4.ClH/c1-11(2)14-6-7-16(22-18(14)19)17(20)13-5-3-4-12(10-13)15-8-9-21-23-15;/h3-11,17H,20H2,1-2H3,(H,21,23);1H. The molecule has 0 aliphatic rings. The zero-order valence-corrected chi connectivity index (χ0v) is 14.3. The van der Waals surface area contributed by atoms with Crippen molar-refractivity contribution in [2.45, 2.75) is 25.8 Å². The molecule has 0 bridgehead atoms. The van der Waals surface area contributed by atoms with Gasteiger partial charge in [0.15, 0.2) is 0 Å². The molecule has 2 heterocycles. The molecule has 3 aromatic rings. The Hall–Kier alpha value is -2.24. The SMILES string of the molecule is CC(C)c1ccc(C(N)c2cccc(-c3ccn[nH]3)c2)nc1F.Cl. The van der Waals surface area contributed by atoms with Gasteiger partial charge in [-0.1, -0.05) is 38.1 Å². The van der Waals surface area contributed by atoms with Crippen LogP contribution in [0.5, 0.6) is 0 Å². The van der Waals surface area contributed by atoms with E-state index in [9.17, 15) is 4.39 Å². The van der Waals surface area contributed by atoms with Gasteiger partial charge < -0.3 is 5.73 Å². The second kappa shape index (κ2) is 7.55. The molecule has 0 spiro atoms. The number of H-pyrrole nitrogens is 1. The Morgan fingerprint density at radius 2 is 1.92 bits per heavy atom. The van der Waals surface area contributed by atoms with E-state index in [2.05, 4.69) is 15.2 Å². The lowest BCUT2D eigenvalue weighted by molar-refractivity contribution is 0.546. The van der Waals surface area contributed by atoms with Gasteiger partial charge in [0.2, 0.25) is 5.95 Å². The van der Waals surface area contributed by atoms with Gasteiger partial charge in [-0.15, -0.1) is 12.4 Å². The van der Waals surface area contributed by atoms with Crippen LogP contribution in [0.3, 0.4) is 0 Å². The molecular formula is C18H20ClFN4. The number of pyridine rings is 1. The Labute approximate surface area is 146 Å². The molecule has 0 amide bonds. The maximum atomic E-state index is 14.1. The van der Waals surface area contributed by atoms with Crippen LogP contribution in [0, 0.1) is 5.95 Å². The first kappa shape index (κ1) is 18.1. The van der Waals surface area contributed by atoms with Crippen molar-refractivity contribution in [1.29, 1.82) is 0 Å². The largest absolute Gasteiger partial charge is 0.319 e. The number of nitrogens with zero attached hydrogens (tertiary/aromatic N) is 2. The zero-order valence-electron chi connectivity index (χ0n) is 13.5. The van der Waals surface area contributed by atoms with E-state index in [1.807, 2.05) is 44.2 Å². The van der Waals surface area contributed by atoms with E-state index in [1.165, 1.54) is 0 Å². The summed E-state index contributed by atoms with van der Waals surface area (Å²) < 4.78 is 14.1. The smallest absolute Gasteiger partial charge is 0.216 e. The number of hydrogen-bond acceptors (Lipinski definition) is 3. The minimum Gasteiger partial charge on any atom is -0.319 e. The third-order valence-electron chi connectivity index (χ3n) is 3.90. The first-order chi connectivity index (χ1) is 11.1. The van der Waals surface area contributed by atoms with Gasteiger partial charge in [0.1, 0.15) is 0 Å². The molecule has 3 N–H and O–H groups in total. The van der Waals surface area contributed by atoms with Crippen LogP contribution in [-0.2, 0) is 0 Å². The van der Waals surface area contributed by atoms with Crippen molar-refractivity contribution in [3.8, 4) is 11.3 Å². The Balaban J connectivity index is 0.00000208. The minimum atomic E-state index is -0.478. The summed E-state index contributed by atoms with van der Waals surface area (Å²) in [6, 6.07) is 12.7. The highest BCUT2D eigenvalue weighted by atomic mass is 35.5. The molecule has 126 valence electrons. The summed E-state index contributed by atoms with van der Waals surface area (Å²) in [6.45, 7) is 3.88. The maximum absolute atomic E-state index is 14.1. The zero-order chi connectivity index (χ0) is 16.4. The number of benzene rings is 1. The molecule has 0 aliphatic carbocycles. The molecule has 4 nitrogen and oxygen atoms in total. The van der Waals surface area contributed by atoms with Crippen molar-refractivity contribution in [2.24, 2.45) is 5.73 Å². The summed E-state index contributed by atoms with van der Waals surface area (Å²) in [4.78, 5) is 4.05. The summed E-state index contributed by atoms with van der Waals surface area (Å²) in [5.74, 6) is -0.353. The van der Waals surface area contributed by atoms with Gasteiger partial charge >= 0.3 is 0 Å². The predicted molar refractivity (Wildman–Crippen MR) is 95.6 cm³/mol. The lowest BCUT2D eigenvalue weighted by atomic mass is 9.99. The van der Waals surface area contributed by atoms with Crippen molar-refractivity contribution < 1.29 is 4.39 Å². The van der Waals surface area contributed by atoms with Crippen LogP contribution in [0.25, 0.3) is 11.3 Å². The van der Waals surface area contributed by atoms with Gasteiger partial charge in [0, 0.05) is 11.8 Å². The monoisotopic (exact) mass is 346 g/mol. The second-order valence-corrected chi connectivity index (χ2v) is 5.84. The quantitative estimate of drug-likeness (QED) is 0.695.